The van der Waals surface area contributed by atoms with E-state index in [-0.39, 0.29) is 30.7 Å². The second kappa shape index (κ2) is 9.59. The van der Waals surface area contributed by atoms with Crippen LogP contribution in [0.3, 0.4) is 0 Å². The predicted molar refractivity (Wildman–Crippen MR) is 106 cm³/mol. The van der Waals surface area contributed by atoms with Crippen LogP contribution < -0.4 is 15.5 Å². The topological polar surface area (TPSA) is 92.3 Å². The Balaban J connectivity index is 1.84. The maximum absolute atomic E-state index is 13.0. The quantitative estimate of drug-likeness (QED) is 0.652. The van der Waals surface area contributed by atoms with Crippen LogP contribution in [0.25, 0.3) is 0 Å². The first kappa shape index (κ1) is 21.6. The molecule has 1 aliphatic heterocycles. The molecular weight excluding hydrogens is 401 g/mol. The standard InChI is InChI=1S/C19H23F3N6O2/c1-2-30-15(29)12-23-16-25-17(27-18(26-16)28-9-4-3-5-10-28)24-14-8-6-7-13(11-14)19(20,21)22/h6-8,11H,2-5,9-10,12H2,1H3,(H2,23,24,25,26,27). The highest BCUT2D eigenvalue weighted by Gasteiger charge is 2.30. The van der Waals surface area contributed by atoms with E-state index >= 15 is 0 Å². The van der Waals surface area contributed by atoms with Gasteiger partial charge >= 0.3 is 12.1 Å². The van der Waals surface area contributed by atoms with Crippen molar-refractivity contribution in [1.82, 2.24) is 15.0 Å². The number of nitrogens with one attached hydrogen (secondary N) is 2. The molecule has 1 fully saturated rings. The average molecular weight is 424 g/mol. The number of rotatable bonds is 7. The highest BCUT2D eigenvalue weighted by molar-refractivity contribution is 5.74. The molecule has 0 aliphatic carbocycles. The van der Waals surface area contributed by atoms with Crippen LogP contribution >= 0.6 is 0 Å². The Labute approximate surface area is 171 Å². The number of piperidine rings is 1. The van der Waals surface area contributed by atoms with Gasteiger partial charge in [-0.15, -0.1) is 0 Å². The molecule has 2 heterocycles. The molecule has 0 amide bonds. The molecular formula is C19H23F3N6O2. The first-order valence-electron chi connectivity index (χ1n) is 9.70. The van der Waals surface area contributed by atoms with Gasteiger partial charge in [0.1, 0.15) is 6.54 Å². The van der Waals surface area contributed by atoms with Gasteiger partial charge in [0.25, 0.3) is 0 Å². The SMILES string of the molecule is CCOC(=O)CNc1nc(Nc2cccc(C(F)(F)F)c2)nc(N2CCCCC2)n1. The molecule has 1 aromatic carbocycles. The summed E-state index contributed by atoms with van der Waals surface area (Å²) >= 11 is 0. The number of esters is 1. The molecule has 30 heavy (non-hydrogen) atoms. The first-order valence-corrected chi connectivity index (χ1v) is 9.70. The second-order valence-corrected chi connectivity index (χ2v) is 6.69. The largest absolute Gasteiger partial charge is 0.465 e. The molecule has 8 nitrogen and oxygen atoms in total. The molecule has 2 aromatic rings. The number of ether oxygens (including phenoxy) is 1. The minimum Gasteiger partial charge on any atom is -0.465 e. The van der Waals surface area contributed by atoms with Gasteiger partial charge in [-0.05, 0) is 44.4 Å². The van der Waals surface area contributed by atoms with Crippen molar-refractivity contribution >= 4 is 29.5 Å². The van der Waals surface area contributed by atoms with Crippen molar-refractivity contribution in [2.24, 2.45) is 0 Å². The Morgan fingerprint density at radius 3 is 2.57 bits per heavy atom. The van der Waals surface area contributed by atoms with Crippen LogP contribution in [0.2, 0.25) is 0 Å². The molecule has 2 N–H and O–H groups in total. The Hall–Kier alpha value is -3.11. The van der Waals surface area contributed by atoms with Gasteiger partial charge in [-0.3, -0.25) is 4.79 Å². The van der Waals surface area contributed by atoms with E-state index in [2.05, 4.69) is 25.6 Å². The molecule has 0 unspecified atom stereocenters. The zero-order valence-electron chi connectivity index (χ0n) is 16.5. The second-order valence-electron chi connectivity index (χ2n) is 6.69. The van der Waals surface area contributed by atoms with E-state index in [1.54, 1.807) is 6.92 Å². The molecule has 1 aromatic heterocycles. The maximum atomic E-state index is 13.0. The fraction of sp³-hybridized carbons (Fsp3) is 0.474. The summed E-state index contributed by atoms with van der Waals surface area (Å²) < 4.78 is 43.8. The van der Waals surface area contributed by atoms with Crippen LogP contribution in [0.5, 0.6) is 0 Å². The molecule has 0 atom stereocenters. The molecule has 3 rings (SSSR count). The highest BCUT2D eigenvalue weighted by atomic mass is 19.4. The van der Waals surface area contributed by atoms with E-state index in [1.807, 2.05) is 4.90 Å². The third-order valence-corrected chi connectivity index (χ3v) is 4.40. The minimum absolute atomic E-state index is 0.0799. The zero-order valence-corrected chi connectivity index (χ0v) is 16.5. The van der Waals surface area contributed by atoms with Crippen LogP contribution in [0, 0.1) is 0 Å². The van der Waals surface area contributed by atoms with Gasteiger partial charge < -0.3 is 20.3 Å². The van der Waals surface area contributed by atoms with Crippen molar-refractivity contribution in [2.75, 3.05) is 41.8 Å². The zero-order chi connectivity index (χ0) is 21.6. The van der Waals surface area contributed by atoms with Gasteiger partial charge in [-0.1, -0.05) is 6.07 Å². The predicted octanol–water partition coefficient (Wildman–Crippen LogP) is 3.60. The summed E-state index contributed by atoms with van der Waals surface area (Å²) in [4.78, 5) is 26.5. The van der Waals surface area contributed by atoms with E-state index in [4.69, 9.17) is 4.74 Å². The lowest BCUT2D eigenvalue weighted by Gasteiger charge is -2.27. The fourth-order valence-corrected chi connectivity index (χ4v) is 3.00. The van der Waals surface area contributed by atoms with E-state index in [9.17, 15) is 18.0 Å². The smallest absolute Gasteiger partial charge is 0.416 e. The van der Waals surface area contributed by atoms with E-state index in [1.165, 1.54) is 12.1 Å². The van der Waals surface area contributed by atoms with Gasteiger partial charge in [0.05, 0.1) is 12.2 Å². The van der Waals surface area contributed by atoms with Crippen molar-refractivity contribution in [2.45, 2.75) is 32.4 Å². The molecule has 1 saturated heterocycles. The lowest BCUT2D eigenvalue weighted by molar-refractivity contribution is -0.141. The van der Waals surface area contributed by atoms with Crippen LogP contribution in [-0.4, -0.2) is 47.2 Å². The van der Waals surface area contributed by atoms with Crippen LogP contribution in [-0.2, 0) is 15.7 Å². The number of carbonyl (C=O) groups is 1. The Kier molecular flexibility index (Phi) is 6.91. The summed E-state index contributed by atoms with van der Waals surface area (Å²) in [7, 11) is 0. The Morgan fingerprint density at radius 2 is 1.87 bits per heavy atom. The minimum atomic E-state index is -4.46. The van der Waals surface area contributed by atoms with Gasteiger partial charge in [0.2, 0.25) is 17.8 Å². The normalized spacial score (nSPS) is 14.3. The van der Waals surface area contributed by atoms with Gasteiger partial charge in [-0.2, -0.15) is 28.1 Å². The number of halogens is 3. The van der Waals surface area contributed by atoms with E-state index in [0.717, 1.165) is 44.5 Å². The van der Waals surface area contributed by atoms with Gasteiger partial charge in [0, 0.05) is 18.8 Å². The van der Waals surface area contributed by atoms with Gasteiger partial charge in [-0.25, -0.2) is 0 Å². The lowest BCUT2D eigenvalue weighted by atomic mass is 10.1. The summed E-state index contributed by atoms with van der Waals surface area (Å²) in [6.07, 6.45) is -1.35. The summed E-state index contributed by atoms with van der Waals surface area (Å²) in [5.74, 6) is 0.139. The molecule has 0 radical (unpaired) electrons. The Bertz CT molecular complexity index is 872. The van der Waals surface area contributed by atoms with Crippen molar-refractivity contribution < 1.29 is 22.7 Å². The van der Waals surface area contributed by atoms with Crippen molar-refractivity contribution in [3.8, 4) is 0 Å². The molecule has 1 aliphatic rings. The molecule has 0 bridgehead atoms. The molecule has 0 spiro atoms. The fourth-order valence-electron chi connectivity index (χ4n) is 3.00. The lowest BCUT2D eigenvalue weighted by Crippen LogP contribution is -2.31. The number of nitrogens with zero attached hydrogens (tertiary/aromatic N) is 4. The first-order chi connectivity index (χ1) is 14.3. The molecule has 0 saturated carbocycles. The monoisotopic (exact) mass is 424 g/mol. The van der Waals surface area contributed by atoms with Crippen molar-refractivity contribution in [3.63, 3.8) is 0 Å². The van der Waals surface area contributed by atoms with Crippen LogP contribution in [0.4, 0.5) is 36.7 Å². The summed E-state index contributed by atoms with van der Waals surface area (Å²) in [5, 5.41) is 5.59. The average Bonchev–Trinajstić information content (AvgIpc) is 2.73. The number of aromatic nitrogens is 3. The summed E-state index contributed by atoms with van der Waals surface area (Å²) in [6, 6.07) is 4.77. The number of hydrogen-bond acceptors (Lipinski definition) is 8. The summed E-state index contributed by atoms with van der Waals surface area (Å²) in [5.41, 5.74) is -0.588. The third kappa shape index (κ3) is 5.94. The Morgan fingerprint density at radius 1 is 1.13 bits per heavy atom. The van der Waals surface area contributed by atoms with E-state index in [0.29, 0.717) is 5.95 Å². The number of benzene rings is 1. The number of carbonyl (C=O) groups excluding carboxylic acids is 1. The maximum Gasteiger partial charge on any atom is 0.416 e. The third-order valence-electron chi connectivity index (χ3n) is 4.40. The van der Waals surface area contributed by atoms with Crippen LogP contribution in [0.1, 0.15) is 31.7 Å². The van der Waals surface area contributed by atoms with Gasteiger partial charge in [0.15, 0.2) is 0 Å². The molecule has 11 heteroatoms. The molecule has 162 valence electrons. The summed E-state index contributed by atoms with van der Waals surface area (Å²) in [6.45, 7) is 3.35. The highest BCUT2D eigenvalue weighted by Crippen LogP contribution is 2.31. The van der Waals surface area contributed by atoms with E-state index < -0.39 is 17.7 Å². The number of anilines is 4. The number of hydrogen-bond donors (Lipinski definition) is 2. The van der Waals surface area contributed by atoms with Crippen molar-refractivity contribution in [3.05, 3.63) is 29.8 Å². The van der Waals surface area contributed by atoms with Crippen molar-refractivity contribution in [1.29, 1.82) is 0 Å². The van der Waals surface area contributed by atoms with Crippen LogP contribution in [0.15, 0.2) is 24.3 Å². The number of alkyl halides is 3.